The molecule has 0 atom stereocenters. The third-order valence-electron chi connectivity index (χ3n) is 2.86. The molecule has 0 radical (unpaired) electrons. The van der Waals surface area contributed by atoms with Crippen LogP contribution >= 0.6 is 0 Å². The van der Waals surface area contributed by atoms with Gasteiger partial charge in [0.05, 0.1) is 13.2 Å². The van der Waals surface area contributed by atoms with Crippen molar-refractivity contribution in [3.63, 3.8) is 0 Å². The zero-order chi connectivity index (χ0) is 15.3. The van der Waals surface area contributed by atoms with Gasteiger partial charge in [-0.1, -0.05) is 6.07 Å². The minimum Gasteiger partial charge on any atom is -0.465 e. The van der Waals surface area contributed by atoms with Gasteiger partial charge in [0, 0.05) is 0 Å². The van der Waals surface area contributed by atoms with E-state index in [0.717, 1.165) is 18.2 Å². The lowest BCUT2D eigenvalue weighted by Gasteiger charge is -2.25. The van der Waals surface area contributed by atoms with Crippen molar-refractivity contribution in [3.05, 3.63) is 35.4 Å². The quantitative estimate of drug-likeness (QED) is 0.616. The first-order valence-electron chi connectivity index (χ1n) is 6.17. The van der Waals surface area contributed by atoms with Crippen LogP contribution in [-0.4, -0.2) is 25.2 Å². The Morgan fingerprint density at radius 2 is 1.55 bits per heavy atom. The molecule has 1 aromatic rings. The first-order chi connectivity index (χ1) is 9.37. The highest BCUT2D eigenvalue weighted by Crippen LogP contribution is 2.28. The fraction of sp³-hybridized carbons (Fsp3) is 0.429. The maximum atomic E-state index is 13.3. The molecule has 110 valence electrons. The van der Waals surface area contributed by atoms with Gasteiger partial charge in [-0.25, -0.2) is 8.78 Å². The summed E-state index contributed by atoms with van der Waals surface area (Å²) in [5.41, 5.74) is -1.85. The van der Waals surface area contributed by atoms with Crippen molar-refractivity contribution in [1.82, 2.24) is 0 Å². The molecule has 0 aliphatic heterocycles. The number of hydrogen-bond acceptors (Lipinski definition) is 4. The average Bonchev–Trinajstić information content (AvgIpc) is 2.41. The Kier molecular flexibility index (Phi) is 5.19. The van der Waals surface area contributed by atoms with Crippen LogP contribution < -0.4 is 0 Å². The van der Waals surface area contributed by atoms with Crippen LogP contribution in [0.15, 0.2) is 18.2 Å². The third-order valence-corrected chi connectivity index (χ3v) is 2.86. The summed E-state index contributed by atoms with van der Waals surface area (Å²) in [6, 6.07) is 2.80. The second kappa shape index (κ2) is 6.45. The van der Waals surface area contributed by atoms with Crippen molar-refractivity contribution in [2.45, 2.75) is 26.2 Å². The van der Waals surface area contributed by atoms with Crippen LogP contribution in [0.3, 0.4) is 0 Å². The van der Waals surface area contributed by atoms with E-state index >= 15 is 0 Å². The topological polar surface area (TPSA) is 52.6 Å². The van der Waals surface area contributed by atoms with Crippen LogP contribution in [0.2, 0.25) is 0 Å². The van der Waals surface area contributed by atoms with E-state index in [4.69, 9.17) is 9.47 Å². The van der Waals surface area contributed by atoms with Crippen molar-refractivity contribution in [2.75, 3.05) is 13.2 Å². The largest absolute Gasteiger partial charge is 0.465 e. The van der Waals surface area contributed by atoms with Crippen molar-refractivity contribution >= 4 is 11.9 Å². The summed E-state index contributed by atoms with van der Waals surface area (Å²) in [6.07, 6.45) is 0. The summed E-state index contributed by atoms with van der Waals surface area (Å²) in [5, 5.41) is 0. The highest BCUT2D eigenvalue weighted by Gasteiger charge is 2.46. The number of carbonyl (C=O) groups is 2. The molecule has 0 saturated carbocycles. The van der Waals surface area contributed by atoms with E-state index in [-0.39, 0.29) is 18.8 Å². The molecular formula is C14H16F2O4. The molecule has 0 unspecified atom stereocenters. The molecule has 0 saturated heterocycles. The lowest BCUT2D eigenvalue weighted by molar-refractivity contribution is -0.163. The Morgan fingerprint density at radius 3 is 1.95 bits per heavy atom. The van der Waals surface area contributed by atoms with Crippen molar-refractivity contribution in [1.29, 1.82) is 0 Å². The number of esters is 2. The summed E-state index contributed by atoms with van der Waals surface area (Å²) in [4.78, 5) is 24.1. The SMILES string of the molecule is CCOC(=O)C(C)(C(=O)OCC)c1ccc(F)c(F)c1. The molecule has 0 amide bonds. The molecule has 0 fully saturated rings. The summed E-state index contributed by atoms with van der Waals surface area (Å²) < 4.78 is 36.0. The minimum atomic E-state index is -1.83. The van der Waals surface area contributed by atoms with Crippen LogP contribution in [0.1, 0.15) is 26.3 Å². The van der Waals surface area contributed by atoms with E-state index in [9.17, 15) is 18.4 Å². The molecule has 0 aliphatic carbocycles. The summed E-state index contributed by atoms with van der Waals surface area (Å²) in [6.45, 7) is 4.52. The molecule has 20 heavy (non-hydrogen) atoms. The van der Waals surface area contributed by atoms with E-state index in [0.29, 0.717) is 0 Å². The van der Waals surface area contributed by atoms with E-state index in [1.807, 2.05) is 0 Å². The van der Waals surface area contributed by atoms with Gasteiger partial charge in [-0.05, 0) is 38.5 Å². The molecule has 0 aliphatic rings. The average molecular weight is 286 g/mol. The summed E-state index contributed by atoms with van der Waals surface area (Å²) in [7, 11) is 0. The first kappa shape index (κ1) is 16.1. The van der Waals surface area contributed by atoms with Gasteiger partial charge in [0.1, 0.15) is 0 Å². The standard InChI is InChI=1S/C14H16F2O4/c1-4-19-12(17)14(3,13(18)20-5-2)9-6-7-10(15)11(16)8-9/h6-8H,4-5H2,1-3H3. The van der Waals surface area contributed by atoms with Gasteiger partial charge < -0.3 is 9.47 Å². The molecule has 6 heteroatoms. The smallest absolute Gasteiger partial charge is 0.327 e. The second-order valence-electron chi connectivity index (χ2n) is 4.19. The Labute approximate surface area is 115 Å². The van der Waals surface area contributed by atoms with Crippen molar-refractivity contribution in [3.8, 4) is 0 Å². The van der Waals surface area contributed by atoms with Gasteiger partial charge in [0.2, 0.25) is 0 Å². The second-order valence-corrected chi connectivity index (χ2v) is 4.19. The molecular weight excluding hydrogens is 270 g/mol. The normalized spacial score (nSPS) is 11.1. The molecule has 0 bridgehead atoms. The number of ether oxygens (including phenoxy) is 2. The molecule has 0 spiro atoms. The zero-order valence-electron chi connectivity index (χ0n) is 11.5. The summed E-state index contributed by atoms with van der Waals surface area (Å²) >= 11 is 0. The predicted octanol–water partition coefficient (Wildman–Crippen LogP) is 2.35. The molecule has 4 nitrogen and oxygen atoms in total. The fourth-order valence-electron chi connectivity index (χ4n) is 1.68. The number of halogens is 2. The summed E-state index contributed by atoms with van der Waals surface area (Å²) in [5.74, 6) is -3.96. The first-order valence-corrected chi connectivity index (χ1v) is 6.17. The zero-order valence-corrected chi connectivity index (χ0v) is 11.5. The van der Waals surface area contributed by atoms with Crippen LogP contribution in [0.25, 0.3) is 0 Å². The van der Waals surface area contributed by atoms with Crippen molar-refractivity contribution in [2.24, 2.45) is 0 Å². The third kappa shape index (κ3) is 2.95. The number of carbonyl (C=O) groups excluding carboxylic acids is 2. The van der Waals surface area contributed by atoms with Gasteiger partial charge in [-0.2, -0.15) is 0 Å². The van der Waals surface area contributed by atoms with Gasteiger partial charge in [0.25, 0.3) is 0 Å². The fourth-order valence-corrected chi connectivity index (χ4v) is 1.68. The maximum absolute atomic E-state index is 13.3. The molecule has 1 rings (SSSR count). The lowest BCUT2D eigenvalue weighted by Crippen LogP contribution is -2.43. The number of hydrogen-bond donors (Lipinski definition) is 0. The minimum absolute atomic E-state index is 0.0201. The Hall–Kier alpha value is -1.98. The van der Waals surface area contributed by atoms with E-state index in [1.54, 1.807) is 13.8 Å². The molecule has 0 N–H and O–H groups in total. The van der Waals surface area contributed by atoms with Crippen LogP contribution in [0.5, 0.6) is 0 Å². The monoisotopic (exact) mass is 286 g/mol. The van der Waals surface area contributed by atoms with E-state index in [2.05, 4.69) is 0 Å². The highest BCUT2D eigenvalue weighted by molar-refractivity contribution is 6.05. The van der Waals surface area contributed by atoms with Gasteiger partial charge in [0.15, 0.2) is 17.0 Å². The molecule has 1 aromatic carbocycles. The van der Waals surface area contributed by atoms with Gasteiger partial charge >= 0.3 is 11.9 Å². The highest BCUT2D eigenvalue weighted by atomic mass is 19.2. The number of rotatable bonds is 5. The van der Waals surface area contributed by atoms with Crippen LogP contribution in [0.4, 0.5) is 8.78 Å². The van der Waals surface area contributed by atoms with Crippen LogP contribution in [-0.2, 0) is 24.5 Å². The Balaban J connectivity index is 3.32. The predicted molar refractivity (Wildman–Crippen MR) is 67.0 cm³/mol. The molecule has 0 aromatic heterocycles. The van der Waals surface area contributed by atoms with Gasteiger partial charge in [-0.3, -0.25) is 9.59 Å². The Bertz CT molecular complexity index is 496. The van der Waals surface area contributed by atoms with E-state index in [1.165, 1.54) is 6.92 Å². The maximum Gasteiger partial charge on any atom is 0.327 e. The van der Waals surface area contributed by atoms with Gasteiger partial charge in [-0.15, -0.1) is 0 Å². The Morgan fingerprint density at radius 1 is 1.05 bits per heavy atom. The van der Waals surface area contributed by atoms with E-state index < -0.39 is 29.0 Å². The number of benzene rings is 1. The van der Waals surface area contributed by atoms with Crippen molar-refractivity contribution < 1.29 is 27.8 Å². The molecule has 0 heterocycles. The lowest BCUT2D eigenvalue weighted by atomic mass is 9.82. The van der Waals surface area contributed by atoms with Crippen LogP contribution in [0, 0.1) is 11.6 Å².